The number of phenols is 1. The molecular weight excluding hydrogens is 330 g/mol. The molecule has 1 saturated carbocycles. The third-order valence-electron chi connectivity index (χ3n) is 5.18. The average molecular weight is 359 g/mol. The number of aromatic hydroxyl groups is 1. The van der Waals surface area contributed by atoms with Gasteiger partial charge in [0.05, 0.1) is 18.9 Å². The molecule has 3 atom stereocenters. The molecule has 1 fully saturated rings. The lowest BCUT2D eigenvalue weighted by Gasteiger charge is -2.16. The normalized spacial score (nSPS) is 21.4. The van der Waals surface area contributed by atoms with Crippen LogP contribution in [0.15, 0.2) is 35.9 Å². The van der Waals surface area contributed by atoms with Crippen LogP contribution in [0.3, 0.4) is 0 Å². The van der Waals surface area contributed by atoms with Gasteiger partial charge < -0.3 is 15.2 Å². The van der Waals surface area contributed by atoms with Crippen molar-refractivity contribution in [1.29, 1.82) is 0 Å². The highest BCUT2D eigenvalue weighted by atomic mass is 16.5. The summed E-state index contributed by atoms with van der Waals surface area (Å²) in [5.74, 6) is -0.479. The summed E-state index contributed by atoms with van der Waals surface area (Å²) < 4.78 is 4.88. The van der Waals surface area contributed by atoms with Gasteiger partial charge in [0.25, 0.3) is 0 Å². The van der Waals surface area contributed by atoms with Crippen LogP contribution in [0.4, 0.5) is 0 Å². The molecule has 0 spiro atoms. The molecule has 1 aliphatic carbocycles. The minimum atomic E-state index is -0.461. The third-order valence-corrected chi connectivity index (χ3v) is 5.18. The molecule has 0 radical (unpaired) electrons. The van der Waals surface area contributed by atoms with Gasteiger partial charge in [0.15, 0.2) is 0 Å². The van der Waals surface area contributed by atoms with Crippen LogP contribution in [0, 0.1) is 23.2 Å². The van der Waals surface area contributed by atoms with E-state index in [1.807, 2.05) is 13.8 Å². The molecule has 5 heteroatoms. The Hall–Kier alpha value is -2.30. The summed E-state index contributed by atoms with van der Waals surface area (Å²) in [6.45, 7) is 8.49. The minimum absolute atomic E-state index is 0.0166. The molecule has 5 nitrogen and oxygen atoms in total. The predicted molar refractivity (Wildman–Crippen MR) is 101 cm³/mol. The fraction of sp³-hybridized carbons (Fsp3) is 0.524. The van der Waals surface area contributed by atoms with Crippen LogP contribution in [0.2, 0.25) is 0 Å². The lowest BCUT2D eigenvalue weighted by Crippen LogP contribution is -2.36. The summed E-state index contributed by atoms with van der Waals surface area (Å²) in [5, 5.41) is 12.3. The molecule has 2 rings (SSSR count). The van der Waals surface area contributed by atoms with Gasteiger partial charge in [-0.05, 0) is 49.3 Å². The summed E-state index contributed by atoms with van der Waals surface area (Å²) in [6, 6.07) is 6.70. The maximum absolute atomic E-state index is 12.6. The second-order valence-corrected chi connectivity index (χ2v) is 7.90. The van der Waals surface area contributed by atoms with Crippen LogP contribution in [0.25, 0.3) is 0 Å². The second kappa shape index (κ2) is 7.94. The first kappa shape index (κ1) is 20.0. The Labute approximate surface area is 155 Å². The fourth-order valence-electron chi connectivity index (χ4n) is 3.50. The number of hydrogen-bond acceptors (Lipinski definition) is 4. The largest absolute Gasteiger partial charge is 0.508 e. The van der Waals surface area contributed by atoms with Crippen molar-refractivity contribution in [3.05, 3.63) is 41.5 Å². The number of rotatable bonds is 7. The number of hydrogen-bond donors (Lipinski definition) is 2. The smallest absolute Gasteiger partial charge is 0.310 e. The Kier molecular flexibility index (Phi) is 6.11. The lowest BCUT2D eigenvalue weighted by atomic mass is 9.99. The zero-order chi connectivity index (χ0) is 19.5. The number of nitrogens with one attached hydrogen (secondary N) is 1. The van der Waals surface area contributed by atoms with Crippen molar-refractivity contribution >= 4 is 11.9 Å². The number of phenolic OH excluding ortho intramolecular Hbond substituents is 1. The molecule has 1 aromatic carbocycles. The number of ether oxygens (including phenoxy) is 1. The van der Waals surface area contributed by atoms with Crippen LogP contribution in [0.5, 0.6) is 5.75 Å². The zero-order valence-corrected chi connectivity index (χ0v) is 16.2. The first-order valence-corrected chi connectivity index (χ1v) is 8.95. The van der Waals surface area contributed by atoms with Crippen molar-refractivity contribution in [3.63, 3.8) is 0 Å². The van der Waals surface area contributed by atoms with Crippen LogP contribution >= 0.6 is 0 Å². The summed E-state index contributed by atoms with van der Waals surface area (Å²) >= 11 is 0. The van der Waals surface area contributed by atoms with Gasteiger partial charge in [-0.3, -0.25) is 9.59 Å². The standard InChI is InChI=1S/C21H29NO4/c1-13(2)10-17-18(21(17,3)4)19(24)22-12-15(20(25)26-5)11-14-6-8-16(23)9-7-14/h6-10,15,17-18,23H,11-12H2,1-5H3,(H,22,24). The Morgan fingerprint density at radius 3 is 2.42 bits per heavy atom. The number of amides is 1. The van der Waals surface area contributed by atoms with E-state index in [1.165, 1.54) is 12.7 Å². The van der Waals surface area contributed by atoms with E-state index >= 15 is 0 Å². The van der Waals surface area contributed by atoms with Gasteiger partial charge in [-0.15, -0.1) is 0 Å². The van der Waals surface area contributed by atoms with Crippen molar-refractivity contribution in [2.75, 3.05) is 13.7 Å². The molecule has 26 heavy (non-hydrogen) atoms. The van der Waals surface area contributed by atoms with Gasteiger partial charge in [0.2, 0.25) is 5.91 Å². The quantitative estimate of drug-likeness (QED) is 0.579. The first-order valence-electron chi connectivity index (χ1n) is 8.95. The molecule has 0 bridgehead atoms. The Morgan fingerprint density at radius 2 is 1.88 bits per heavy atom. The number of carbonyl (C=O) groups excluding carboxylic acids is 2. The highest BCUT2D eigenvalue weighted by molar-refractivity contribution is 5.84. The lowest BCUT2D eigenvalue weighted by molar-refractivity contribution is -0.145. The highest BCUT2D eigenvalue weighted by Crippen LogP contribution is 2.59. The van der Waals surface area contributed by atoms with Crippen molar-refractivity contribution in [2.24, 2.45) is 23.2 Å². The van der Waals surface area contributed by atoms with Crippen LogP contribution < -0.4 is 5.32 Å². The van der Waals surface area contributed by atoms with Crippen molar-refractivity contribution in [3.8, 4) is 5.75 Å². The van der Waals surface area contributed by atoms with Gasteiger partial charge in [0.1, 0.15) is 5.75 Å². The van der Waals surface area contributed by atoms with E-state index in [0.717, 1.165) is 5.56 Å². The molecule has 1 aliphatic rings. The van der Waals surface area contributed by atoms with E-state index in [2.05, 4.69) is 25.2 Å². The molecular formula is C21H29NO4. The van der Waals surface area contributed by atoms with Crippen LogP contribution in [-0.4, -0.2) is 30.6 Å². The zero-order valence-electron chi connectivity index (χ0n) is 16.2. The van der Waals surface area contributed by atoms with Gasteiger partial charge in [0, 0.05) is 6.54 Å². The van der Waals surface area contributed by atoms with E-state index < -0.39 is 5.92 Å². The maximum atomic E-state index is 12.6. The average Bonchev–Trinajstić information content (AvgIpc) is 3.11. The molecule has 0 heterocycles. The molecule has 3 unspecified atom stereocenters. The molecule has 142 valence electrons. The maximum Gasteiger partial charge on any atom is 0.310 e. The molecule has 0 aliphatic heterocycles. The van der Waals surface area contributed by atoms with E-state index in [9.17, 15) is 14.7 Å². The number of methoxy groups -OCH3 is 1. The van der Waals surface area contributed by atoms with Crippen LogP contribution in [0.1, 0.15) is 33.3 Å². The number of benzene rings is 1. The molecule has 0 aromatic heterocycles. The second-order valence-electron chi connectivity index (χ2n) is 7.90. The number of allylic oxidation sites excluding steroid dienone is 2. The molecule has 1 aromatic rings. The van der Waals surface area contributed by atoms with Crippen molar-refractivity contribution in [1.82, 2.24) is 5.32 Å². The van der Waals surface area contributed by atoms with Crippen LogP contribution in [-0.2, 0) is 20.7 Å². The van der Waals surface area contributed by atoms with Gasteiger partial charge in [-0.2, -0.15) is 0 Å². The van der Waals surface area contributed by atoms with Gasteiger partial charge in [-0.25, -0.2) is 0 Å². The van der Waals surface area contributed by atoms with E-state index in [-0.39, 0.29) is 41.4 Å². The summed E-state index contributed by atoms with van der Waals surface area (Å²) in [7, 11) is 1.35. The first-order chi connectivity index (χ1) is 12.2. The predicted octanol–water partition coefficient (Wildman–Crippen LogP) is 3.08. The Morgan fingerprint density at radius 1 is 1.27 bits per heavy atom. The topological polar surface area (TPSA) is 75.6 Å². The van der Waals surface area contributed by atoms with Crippen molar-refractivity contribution < 1.29 is 19.4 Å². The minimum Gasteiger partial charge on any atom is -0.508 e. The highest BCUT2D eigenvalue weighted by Gasteiger charge is 2.60. The molecule has 0 saturated heterocycles. The monoisotopic (exact) mass is 359 g/mol. The van der Waals surface area contributed by atoms with Gasteiger partial charge >= 0.3 is 5.97 Å². The van der Waals surface area contributed by atoms with Gasteiger partial charge in [-0.1, -0.05) is 37.6 Å². The van der Waals surface area contributed by atoms with E-state index in [0.29, 0.717) is 6.42 Å². The number of esters is 1. The van der Waals surface area contributed by atoms with Crippen molar-refractivity contribution in [2.45, 2.75) is 34.1 Å². The van der Waals surface area contributed by atoms with E-state index in [4.69, 9.17) is 4.74 Å². The van der Waals surface area contributed by atoms with E-state index in [1.54, 1.807) is 24.3 Å². The Balaban J connectivity index is 1.99. The summed E-state index contributed by atoms with van der Waals surface area (Å²) in [4.78, 5) is 24.7. The third kappa shape index (κ3) is 4.65. The summed E-state index contributed by atoms with van der Waals surface area (Å²) in [6.07, 6.45) is 2.59. The molecule has 2 N–H and O–H groups in total. The fourth-order valence-corrected chi connectivity index (χ4v) is 3.50. The molecule has 1 amide bonds. The summed E-state index contributed by atoms with van der Waals surface area (Å²) in [5.41, 5.74) is 2.05. The number of carbonyl (C=O) groups is 2. The SMILES string of the molecule is COC(=O)C(CNC(=O)C1C(C=C(C)C)C1(C)C)Cc1ccc(O)cc1. The Bertz CT molecular complexity index is 686.